The third kappa shape index (κ3) is 2.12. The molecule has 0 bridgehead atoms. The van der Waals surface area contributed by atoms with Crippen molar-refractivity contribution < 1.29 is 0 Å². The van der Waals surface area contributed by atoms with Crippen LogP contribution >= 0.6 is 0 Å². The van der Waals surface area contributed by atoms with E-state index in [0.29, 0.717) is 6.04 Å². The van der Waals surface area contributed by atoms with Gasteiger partial charge in [0.2, 0.25) is 0 Å². The Labute approximate surface area is 104 Å². The average Bonchev–Trinajstić information content (AvgIpc) is 2.87. The van der Waals surface area contributed by atoms with E-state index < -0.39 is 0 Å². The van der Waals surface area contributed by atoms with Gasteiger partial charge in [0, 0.05) is 31.2 Å². The quantitative estimate of drug-likeness (QED) is 0.840. The van der Waals surface area contributed by atoms with E-state index in [1.54, 1.807) is 0 Å². The molecule has 17 heavy (non-hydrogen) atoms. The van der Waals surface area contributed by atoms with Gasteiger partial charge in [-0.15, -0.1) is 0 Å². The van der Waals surface area contributed by atoms with Crippen LogP contribution in [0.15, 0.2) is 30.3 Å². The summed E-state index contributed by atoms with van der Waals surface area (Å²) in [6.07, 6.45) is 4.12. The molecule has 0 radical (unpaired) electrons. The van der Waals surface area contributed by atoms with Crippen molar-refractivity contribution in [2.75, 3.05) is 13.1 Å². The van der Waals surface area contributed by atoms with Crippen LogP contribution in [0.1, 0.15) is 37.8 Å². The monoisotopic (exact) mass is 230 g/mol. The Balaban J connectivity index is 1.79. The van der Waals surface area contributed by atoms with E-state index in [2.05, 4.69) is 47.5 Å². The Morgan fingerprint density at radius 3 is 2.88 bits per heavy atom. The highest BCUT2D eigenvalue weighted by Crippen LogP contribution is 2.32. The molecule has 0 amide bonds. The number of rotatable bonds is 2. The van der Waals surface area contributed by atoms with E-state index in [1.807, 2.05) is 0 Å². The van der Waals surface area contributed by atoms with Crippen molar-refractivity contribution in [2.45, 2.75) is 44.3 Å². The molecule has 1 aromatic rings. The summed E-state index contributed by atoms with van der Waals surface area (Å²) in [6, 6.07) is 13.0. The summed E-state index contributed by atoms with van der Waals surface area (Å²) in [6.45, 7) is 4.70. The van der Waals surface area contributed by atoms with Crippen molar-refractivity contribution in [3.05, 3.63) is 35.9 Å². The minimum atomic E-state index is 0.559. The molecule has 2 heteroatoms. The molecule has 1 N–H and O–H groups in total. The van der Waals surface area contributed by atoms with Crippen LogP contribution in [0.4, 0.5) is 0 Å². The lowest BCUT2D eigenvalue weighted by Crippen LogP contribution is -2.55. The first-order chi connectivity index (χ1) is 8.36. The molecule has 0 spiro atoms. The standard InChI is InChI=1S/C15H22N2/c1-12(13-6-3-2-4-7-13)17-11-10-16-14-8-5-9-15(14)17/h2-4,6-7,12,14-16H,5,8-11H2,1H3/t12-,14+,15+/m1/s1. The maximum Gasteiger partial charge on any atom is 0.0324 e. The minimum absolute atomic E-state index is 0.559. The van der Waals surface area contributed by atoms with Crippen molar-refractivity contribution in [3.8, 4) is 0 Å². The maximum absolute atomic E-state index is 3.68. The molecule has 1 aliphatic carbocycles. The molecule has 1 heterocycles. The molecule has 1 saturated heterocycles. The van der Waals surface area contributed by atoms with E-state index in [1.165, 1.54) is 31.4 Å². The molecule has 2 fully saturated rings. The zero-order valence-corrected chi connectivity index (χ0v) is 10.6. The smallest absolute Gasteiger partial charge is 0.0324 e. The molecule has 92 valence electrons. The van der Waals surface area contributed by atoms with Crippen LogP contribution in [-0.2, 0) is 0 Å². The van der Waals surface area contributed by atoms with Gasteiger partial charge in [-0.05, 0) is 25.3 Å². The zero-order valence-electron chi connectivity index (χ0n) is 10.6. The van der Waals surface area contributed by atoms with Crippen LogP contribution in [-0.4, -0.2) is 30.1 Å². The average molecular weight is 230 g/mol. The molecule has 0 unspecified atom stereocenters. The van der Waals surface area contributed by atoms with Gasteiger partial charge in [0.1, 0.15) is 0 Å². The van der Waals surface area contributed by atoms with Crippen LogP contribution in [0, 0.1) is 0 Å². The molecule has 1 aromatic carbocycles. The van der Waals surface area contributed by atoms with Gasteiger partial charge in [0.05, 0.1) is 0 Å². The lowest BCUT2D eigenvalue weighted by atomic mass is 10.0. The Morgan fingerprint density at radius 1 is 1.24 bits per heavy atom. The first-order valence-corrected chi connectivity index (χ1v) is 6.90. The summed E-state index contributed by atoms with van der Waals surface area (Å²) in [5, 5.41) is 3.68. The Kier molecular flexibility index (Phi) is 3.17. The number of hydrogen-bond acceptors (Lipinski definition) is 2. The van der Waals surface area contributed by atoms with E-state index in [0.717, 1.165) is 18.6 Å². The highest BCUT2D eigenvalue weighted by atomic mass is 15.3. The van der Waals surface area contributed by atoms with E-state index in [9.17, 15) is 0 Å². The lowest BCUT2D eigenvalue weighted by molar-refractivity contribution is 0.0951. The molecule has 1 aliphatic heterocycles. The molecule has 1 saturated carbocycles. The summed E-state index contributed by atoms with van der Waals surface area (Å²) in [7, 11) is 0. The second-order valence-electron chi connectivity index (χ2n) is 5.38. The summed E-state index contributed by atoms with van der Waals surface area (Å²) in [5.74, 6) is 0. The Bertz CT molecular complexity index is 362. The molecular formula is C15H22N2. The minimum Gasteiger partial charge on any atom is -0.311 e. The largest absolute Gasteiger partial charge is 0.311 e. The summed E-state index contributed by atoms with van der Waals surface area (Å²) < 4.78 is 0. The Hall–Kier alpha value is -0.860. The lowest BCUT2D eigenvalue weighted by Gasteiger charge is -2.42. The summed E-state index contributed by atoms with van der Waals surface area (Å²) in [4.78, 5) is 2.71. The van der Waals surface area contributed by atoms with Gasteiger partial charge in [0.15, 0.2) is 0 Å². The van der Waals surface area contributed by atoms with E-state index in [4.69, 9.17) is 0 Å². The molecule has 2 nitrogen and oxygen atoms in total. The molecule has 0 aromatic heterocycles. The van der Waals surface area contributed by atoms with Crippen molar-refractivity contribution in [1.29, 1.82) is 0 Å². The fraction of sp³-hybridized carbons (Fsp3) is 0.600. The van der Waals surface area contributed by atoms with Gasteiger partial charge in [0.25, 0.3) is 0 Å². The van der Waals surface area contributed by atoms with Crippen molar-refractivity contribution in [1.82, 2.24) is 10.2 Å². The molecule has 3 rings (SSSR count). The molecular weight excluding hydrogens is 208 g/mol. The van der Waals surface area contributed by atoms with Gasteiger partial charge >= 0.3 is 0 Å². The number of hydrogen-bond donors (Lipinski definition) is 1. The first kappa shape index (κ1) is 11.2. The number of nitrogens with one attached hydrogen (secondary N) is 1. The van der Waals surface area contributed by atoms with Gasteiger partial charge < -0.3 is 5.32 Å². The van der Waals surface area contributed by atoms with Crippen LogP contribution < -0.4 is 5.32 Å². The second kappa shape index (κ2) is 4.79. The van der Waals surface area contributed by atoms with E-state index in [-0.39, 0.29) is 0 Å². The fourth-order valence-corrected chi connectivity index (χ4v) is 3.52. The third-order valence-electron chi connectivity index (χ3n) is 4.46. The number of benzene rings is 1. The predicted octanol–water partition coefficient (Wildman–Crippen LogP) is 2.57. The second-order valence-corrected chi connectivity index (χ2v) is 5.38. The number of fused-ring (bicyclic) bond motifs is 1. The van der Waals surface area contributed by atoms with Crippen LogP contribution in [0.25, 0.3) is 0 Å². The summed E-state index contributed by atoms with van der Waals surface area (Å²) >= 11 is 0. The normalized spacial score (nSPS) is 31.1. The van der Waals surface area contributed by atoms with Crippen molar-refractivity contribution >= 4 is 0 Å². The van der Waals surface area contributed by atoms with Gasteiger partial charge in [-0.25, -0.2) is 0 Å². The van der Waals surface area contributed by atoms with Crippen molar-refractivity contribution in [2.24, 2.45) is 0 Å². The van der Waals surface area contributed by atoms with Gasteiger partial charge in [-0.3, -0.25) is 4.90 Å². The Morgan fingerprint density at radius 2 is 2.06 bits per heavy atom. The van der Waals surface area contributed by atoms with Crippen LogP contribution in [0.2, 0.25) is 0 Å². The number of piperazine rings is 1. The molecule has 2 aliphatic rings. The zero-order chi connectivity index (χ0) is 11.7. The SMILES string of the molecule is C[C@H](c1ccccc1)N1CCN[C@H]2CCC[C@@H]21. The maximum atomic E-state index is 3.68. The number of nitrogens with zero attached hydrogens (tertiary/aromatic N) is 1. The van der Waals surface area contributed by atoms with Crippen LogP contribution in [0.5, 0.6) is 0 Å². The fourth-order valence-electron chi connectivity index (χ4n) is 3.52. The highest BCUT2D eigenvalue weighted by Gasteiger charge is 2.36. The first-order valence-electron chi connectivity index (χ1n) is 6.90. The topological polar surface area (TPSA) is 15.3 Å². The molecule has 3 atom stereocenters. The third-order valence-corrected chi connectivity index (χ3v) is 4.46. The van der Waals surface area contributed by atoms with Gasteiger partial charge in [-0.2, -0.15) is 0 Å². The van der Waals surface area contributed by atoms with E-state index >= 15 is 0 Å². The summed E-state index contributed by atoms with van der Waals surface area (Å²) in [5.41, 5.74) is 1.46. The predicted molar refractivity (Wildman–Crippen MR) is 71.0 cm³/mol. The van der Waals surface area contributed by atoms with Crippen LogP contribution in [0.3, 0.4) is 0 Å². The highest BCUT2D eigenvalue weighted by molar-refractivity contribution is 5.19. The van der Waals surface area contributed by atoms with Gasteiger partial charge in [-0.1, -0.05) is 36.8 Å². The van der Waals surface area contributed by atoms with Crippen molar-refractivity contribution in [3.63, 3.8) is 0 Å².